The van der Waals surface area contributed by atoms with Gasteiger partial charge in [0.15, 0.2) is 0 Å². The number of hydrogen-bond acceptors (Lipinski definition) is 2. The molecule has 0 fully saturated rings. The Labute approximate surface area is 124 Å². The molecule has 2 aromatic carbocycles. The van der Waals surface area contributed by atoms with Crippen LogP contribution in [0.25, 0.3) is 10.8 Å². The second kappa shape index (κ2) is 5.59. The molecule has 0 bridgehead atoms. The molecule has 1 heterocycles. The Hall–Kier alpha value is -1.94. The van der Waals surface area contributed by atoms with Gasteiger partial charge in [-0.25, -0.2) is 4.39 Å². The average molecular weight is 331 g/mol. The van der Waals surface area contributed by atoms with E-state index < -0.39 is 0 Å². The first-order valence-electron chi connectivity index (χ1n) is 6.24. The number of halogens is 2. The number of pyridine rings is 1. The van der Waals surface area contributed by atoms with Gasteiger partial charge in [0.25, 0.3) is 0 Å². The molecule has 0 saturated carbocycles. The van der Waals surface area contributed by atoms with Crippen molar-refractivity contribution in [2.45, 2.75) is 6.54 Å². The SMILES string of the molecule is Fc1ccc(Br)cc1CNc1cccc2cnccc12. The molecule has 4 heteroatoms. The molecule has 2 nitrogen and oxygen atoms in total. The van der Waals surface area contributed by atoms with Gasteiger partial charge in [-0.15, -0.1) is 0 Å². The highest BCUT2D eigenvalue weighted by Crippen LogP contribution is 2.23. The van der Waals surface area contributed by atoms with Gasteiger partial charge in [-0.2, -0.15) is 0 Å². The van der Waals surface area contributed by atoms with Crippen LogP contribution in [0.15, 0.2) is 59.3 Å². The summed E-state index contributed by atoms with van der Waals surface area (Å²) in [5, 5.41) is 5.43. The summed E-state index contributed by atoms with van der Waals surface area (Å²) in [5.74, 6) is -0.206. The fourth-order valence-electron chi connectivity index (χ4n) is 2.15. The maximum atomic E-state index is 13.7. The Morgan fingerprint density at radius 2 is 2.05 bits per heavy atom. The summed E-state index contributed by atoms with van der Waals surface area (Å²) in [5.41, 5.74) is 1.61. The van der Waals surface area contributed by atoms with Crippen LogP contribution in [-0.4, -0.2) is 4.98 Å². The summed E-state index contributed by atoms with van der Waals surface area (Å²) in [6, 6.07) is 12.9. The number of fused-ring (bicyclic) bond motifs is 1. The van der Waals surface area contributed by atoms with Crippen molar-refractivity contribution in [3.63, 3.8) is 0 Å². The van der Waals surface area contributed by atoms with Gasteiger partial charge in [-0.1, -0.05) is 28.1 Å². The summed E-state index contributed by atoms with van der Waals surface area (Å²) in [4.78, 5) is 4.10. The molecule has 0 aliphatic rings. The average Bonchev–Trinajstić information content (AvgIpc) is 2.48. The van der Waals surface area contributed by atoms with E-state index in [9.17, 15) is 4.39 Å². The zero-order valence-corrected chi connectivity index (χ0v) is 12.2. The molecular weight excluding hydrogens is 319 g/mol. The van der Waals surface area contributed by atoms with E-state index in [1.54, 1.807) is 18.3 Å². The predicted molar refractivity (Wildman–Crippen MR) is 83.2 cm³/mol. The topological polar surface area (TPSA) is 24.9 Å². The molecule has 0 atom stereocenters. The minimum Gasteiger partial charge on any atom is -0.380 e. The lowest BCUT2D eigenvalue weighted by molar-refractivity contribution is 0.612. The van der Waals surface area contributed by atoms with Crippen LogP contribution < -0.4 is 5.32 Å². The zero-order chi connectivity index (χ0) is 13.9. The molecule has 0 radical (unpaired) electrons. The van der Waals surface area contributed by atoms with Crippen molar-refractivity contribution >= 4 is 32.4 Å². The molecule has 0 amide bonds. The molecule has 1 N–H and O–H groups in total. The van der Waals surface area contributed by atoms with Gasteiger partial charge >= 0.3 is 0 Å². The second-order valence-electron chi connectivity index (χ2n) is 4.49. The first kappa shape index (κ1) is 13.1. The summed E-state index contributed by atoms with van der Waals surface area (Å²) >= 11 is 3.36. The molecular formula is C16H12BrFN2. The lowest BCUT2D eigenvalue weighted by Crippen LogP contribution is -2.02. The van der Waals surface area contributed by atoms with Crippen molar-refractivity contribution in [1.29, 1.82) is 0 Å². The van der Waals surface area contributed by atoms with Crippen LogP contribution in [0.5, 0.6) is 0 Å². The zero-order valence-electron chi connectivity index (χ0n) is 10.6. The number of nitrogens with one attached hydrogen (secondary N) is 1. The fourth-order valence-corrected chi connectivity index (χ4v) is 2.55. The minimum absolute atomic E-state index is 0.206. The molecule has 100 valence electrons. The van der Waals surface area contributed by atoms with Gasteiger partial charge in [-0.05, 0) is 30.3 Å². The Kier molecular flexibility index (Phi) is 3.65. The van der Waals surface area contributed by atoms with Gasteiger partial charge in [0.1, 0.15) is 5.82 Å². The quantitative estimate of drug-likeness (QED) is 0.749. The van der Waals surface area contributed by atoms with Crippen LogP contribution in [0, 0.1) is 5.82 Å². The summed E-state index contributed by atoms with van der Waals surface area (Å²) in [6.45, 7) is 0.437. The third-order valence-electron chi connectivity index (χ3n) is 3.16. The monoisotopic (exact) mass is 330 g/mol. The third kappa shape index (κ3) is 2.65. The molecule has 0 saturated heterocycles. The van der Waals surface area contributed by atoms with Gasteiger partial charge in [0.05, 0.1) is 0 Å². The molecule has 3 rings (SSSR count). The lowest BCUT2D eigenvalue weighted by atomic mass is 10.1. The molecule has 0 spiro atoms. The van der Waals surface area contributed by atoms with E-state index in [1.807, 2.05) is 30.5 Å². The third-order valence-corrected chi connectivity index (χ3v) is 3.65. The van der Waals surface area contributed by atoms with Gasteiger partial charge in [0.2, 0.25) is 0 Å². The van der Waals surface area contributed by atoms with E-state index in [4.69, 9.17) is 0 Å². The lowest BCUT2D eigenvalue weighted by Gasteiger charge is -2.10. The summed E-state index contributed by atoms with van der Waals surface area (Å²) in [6.07, 6.45) is 3.58. The van der Waals surface area contributed by atoms with Crippen molar-refractivity contribution in [2.75, 3.05) is 5.32 Å². The van der Waals surface area contributed by atoms with Crippen LogP contribution in [0.3, 0.4) is 0 Å². The maximum absolute atomic E-state index is 13.7. The van der Waals surface area contributed by atoms with E-state index in [0.717, 1.165) is 20.9 Å². The number of rotatable bonds is 3. The fraction of sp³-hybridized carbons (Fsp3) is 0.0625. The maximum Gasteiger partial charge on any atom is 0.128 e. The Morgan fingerprint density at radius 1 is 1.15 bits per heavy atom. The molecule has 0 aliphatic heterocycles. The van der Waals surface area contributed by atoms with Gasteiger partial charge in [-0.3, -0.25) is 4.98 Å². The van der Waals surface area contributed by atoms with Crippen molar-refractivity contribution in [2.24, 2.45) is 0 Å². The van der Waals surface area contributed by atoms with Crippen LogP contribution in [0.2, 0.25) is 0 Å². The van der Waals surface area contributed by atoms with Crippen molar-refractivity contribution < 1.29 is 4.39 Å². The highest BCUT2D eigenvalue weighted by atomic mass is 79.9. The van der Waals surface area contributed by atoms with Crippen molar-refractivity contribution in [1.82, 2.24) is 4.98 Å². The van der Waals surface area contributed by atoms with E-state index in [0.29, 0.717) is 12.1 Å². The Bertz CT molecular complexity index is 753. The van der Waals surface area contributed by atoms with E-state index in [-0.39, 0.29) is 5.82 Å². The van der Waals surface area contributed by atoms with Crippen LogP contribution in [-0.2, 0) is 6.54 Å². The van der Waals surface area contributed by atoms with Crippen molar-refractivity contribution in [3.8, 4) is 0 Å². The smallest absolute Gasteiger partial charge is 0.128 e. The second-order valence-corrected chi connectivity index (χ2v) is 5.41. The predicted octanol–water partition coefficient (Wildman–Crippen LogP) is 4.75. The van der Waals surface area contributed by atoms with Crippen LogP contribution in [0.4, 0.5) is 10.1 Å². The number of anilines is 1. The highest BCUT2D eigenvalue weighted by molar-refractivity contribution is 9.10. The van der Waals surface area contributed by atoms with Crippen LogP contribution >= 0.6 is 15.9 Å². The van der Waals surface area contributed by atoms with E-state index in [1.165, 1.54) is 6.07 Å². The van der Waals surface area contributed by atoms with Gasteiger partial charge < -0.3 is 5.32 Å². The summed E-state index contributed by atoms with van der Waals surface area (Å²) < 4.78 is 14.6. The number of aromatic nitrogens is 1. The summed E-state index contributed by atoms with van der Waals surface area (Å²) in [7, 11) is 0. The van der Waals surface area contributed by atoms with Crippen molar-refractivity contribution in [3.05, 3.63) is 70.7 Å². The number of benzene rings is 2. The highest BCUT2D eigenvalue weighted by Gasteiger charge is 2.04. The molecule has 0 unspecified atom stereocenters. The first-order chi connectivity index (χ1) is 9.74. The largest absolute Gasteiger partial charge is 0.380 e. The standard InChI is InChI=1S/C16H12BrFN2/c17-13-4-5-15(18)12(8-13)10-20-16-3-1-2-11-9-19-7-6-14(11)16/h1-9,20H,10H2. The van der Waals surface area contributed by atoms with E-state index >= 15 is 0 Å². The Balaban J connectivity index is 1.89. The minimum atomic E-state index is -0.206. The van der Waals surface area contributed by atoms with E-state index in [2.05, 4.69) is 26.2 Å². The Morgan fingerprint density at radius 3 is 2.95 bits per heavy atom. The molecule has 20 heavy (non-hydrogen) atoms. The number of hydrogen-bond donors (Lipinski definition) is 1. The number of nitrogens with zero attached hydrogens (tertiary/aromatic N) is 1. The first-order valence-corrected chi connectivity index (χ1v) is 7.04. The normalized spacial score (nSPS) is 10.7. The van der Waals surface area contributed by atoms with Gasteiger partial charge in [0, 0.05) is 45.4 Å². The van der Waals surface area contributed by atoms with Crippen LogP contribution in [0.1, 0.15) is 5.56 Å². The molecule has 0 aliphatic carbocycles. The molecule has 3 aromatic rings. The molecule has 1 aromatic heterocycles.